The first-order valence-corrected chi connectivity index (χ1v) is 13.9. The molecular weight excluding hydrogens is 469 g/mol. The van der Waals surface area contributed by atoms with Crippen LogP contribution in [0, 0.1) is 5.82 Å². The first-order chi connectivity index (χ1) is 18.0. The maximum absolute atomic E-state index is 15.4. The fourth-order valence-corrected chi connectivity index (χ4v) is 6.31. The van der Waals surface area contributed by atoms with E-state index in [0.717, 1.165) is 57.3 Å². The van der Waals surface area contributed by atoms with Gasteiger partial charge in [0.15, 0.2) is 5.82 Å². The minimum Gasteiger partial charge on any atom is -0.369 e. The van der Waals surface area contributed by atoms with Gasteiger partial charge in [-0.05, 0) is 88.2 Å². The summed E-state index contributed by atoms with van der Waals surface area (Å²) < 4.78 is 15.4. The van der Waals surface area contributed by atoms with Gasteiger partial charge in [-0.25, -0.2) is 14.4 Å². The maximum Gasteiger partial charge on any atom is 0.215 e. The van der Waals surface area contributed by atoms with E-state index in [4.69, 9.17) is 11.5 Å². The number of fused-ring (bicyclic) bond motifs is 1. The number of guanidine groups is 1. The van der Waals surface area contributed by atoms with E-state index in [1.807, 2.05) is 18.2 Å². The number of aliphatic imine (C=N–C) groups is 1. The molecule has 9 nitrogen and oxygen atoms in total. The number of anilines is 2. The molecule has 3 aliphatic heterocycles. The van der Waals surface area contributed by atoms with Crippen molar-refractivity contribution in [1.29, 1.82) is 0 Å². The minimum absolute atomic E-state index is 0.177. The second-order valence-electron chi connectivity index (χ2n) is 10.9. The molecule has 4 aliphatic rings. The Morgan fingerprint density at radius 1 is 0.919 bits per heavy atom. The summed E-state index contributed by atoms with van der Waals surface area (Å²) in [5.41, 5.74) is 19.4. The van der Waals surface area contributed by atoms with Gasteiger partial charge in [0.05, 0.1) is 11.4 Å². The number of nitrogens with one attached hydrogen (secondary N) is 1. The van der Waals surface area contributed by atoms with Gasteiger partial charge in [-0.3, -0.25) is 5.73 Å². The molecule has 0 radical (unpaired) electrons. The number of hydrogen-bond acceptors (Lipinski definition) is 9. The van der Waals surface area contributed by atoms with Gasteiger partial charge in [0.1, 0.15) is 5.82 Å². The van der Waals surface area contributed by atoms with E-state index in [9.17, 15) is 0 Å². The van der Waals surface area contributed by atoms with Crippen LogP contribution in [0.15, 0.2) is 29.3 Å². The Kier molecular flexibility index (Phi) is 6.73. The van der Waals surface area contributed by atoms with Crippen LogP contribution < -0.4 is 26.8 Å². The number of nitrogens with zero attached hydrogens (tertiary/aromatic N) is 6. The topological polar surface area (TPSA) is 112 Å². The zero-order valence-corrected chi connectivity index (χ0v) is 21.5. The average molecular weight is 508 g/mol. The van der Waals surface area contributed by atoms with E-state index < -0.39 is 5.79 Å². The van der Waals surface area contributed by atoms with E-state index in [-0.39, 0.29) is 11.8 Å². The molecule has 1 aromatic heterocycles. The Bertz CT molecular complexity index is 1160. The molecule has 10 heteroatoms. The molecule has 2 aromatic rings. The highest BCUT2D eigenvalue weighted by Crippen LogP contribution is 2.31. The zero-order chi connectivity index (χ0) is 25.4. The molecule has 0 spiro atoms. The highest BCUT2D eigenvalue weighted by Gasteiger charge is 2.39. The number of aryl methyl sites for hydroxylation is 2. The second kappa shape index (κ2) is 10.2. The van der Waals surface area contributed by atoms with Crippen molar-refractivity contribution in [2.24, 2.45) is 16.5 Å². The van der Waals surface area contributed by atoms with Gasteiger partial charge in [-0.1, -0.05) is 18.9 Å². The van der Waals surface area contributed by atoms with Gasteiger partial charge >= 0.3 is 0 Å². The summed E-state index contributed by atoms with van der Waals surface area (Å²) in [5, 5.41) is 10.4. The van der Waals surface area contributed by atoms with Crippen LogP contribution in [0.1, 0.15) is 68.2 Å². The van der Waals surface area contributed by atoms with Crippen LogP contribution in [0.25, 0.3) is 0 Å². The molecule has 1 unspecified atom stereocenters. The van der Waals surface area contributed by atoms with Gasteiger partial charge in [0.2, 0.25) is 11.7 Å². The Labute approximate surface area is 218 Å². The fraction of sp³-hybridized carbons (Fsp3) is 0.593. The van der Waals surface area contributed by atoms with E-state index in [1.54, 1.807) is 5.01 Å². The van der Waals surface area contributed by atoms with Gasteiger partial charge < -0.3 is 15.5 Å². The Hall–Kier alpha value is -2.82. The normalized spacial score (nSPS) is 25.6. The first-order valence-electron chi connectivity index (χ1n) is 13.9. The lowest BCUT2D eigenvalue weighted by atomic mass is 9.98. The smallest absolute Gasteiger partial charge is 0.215 e. The fourth-order valence-electron chi connectivity index (χ4n) is 6.31. The third kappa shape index (κ3) is 4.89. The predicted octanol–water partition coefficient (Wildman–Crippen LogP) is 2.75. The first kappa shape index (κ1) is 24.5. The van der Waals surface area contributed by atoms with Crippen molar-refractivity contribution in [3.8, 4) is 0 Å². The molecule has 1 aromatic carbocycles. The number of benzene rings is 1. The summed E-state index contributed by atoms with van der Waals surface area (Å²) in [6, 6.07) is 7.77. The van der Waals surface area contributed by atoms with Crippen molar-refractivity contribution in [2.75, 3.05) is 36.1 Å². The lowest BCUT2D eigenvalue weighted by Gasteiger charge is -2.38. The van der Waals surface area contributed by atoms with E-state index in [1.165, 1.54) is 50.4 Å². The summed E-state index contributed by atoms with van der Waals surface area (Å²) in [5.74, 6) is -0.961. The van der Waals surface area contributed by atoms with Crippen molar-refractivity contribution in [2.45, 2.75) is 76.0 Å². The van der Waals surface area contributed by atoms with Crippen LogP contribution in [0.2, 0.25) is 0 Å². The van der Waals surface area contributed by atoms with Crippen molar-refractivity contribution in [1.82, 2.24) is 20.5 Å². The van der Waals surface area contributed by atoms with Gasteiger partial charge in [-0.15, -0.1) is 5.10 Å². The lowest BCUT2D eigenvalue weighted by Crippen LogP contribution is -2.53. The van der Waals surface area contributed by atoms with Crippen molar-refractivity contribution in [3.05, 3.63) is 46.9 Å². The second-order valence-corrected chi connectivity index (χ2v) is 10.9. The highest BCUT2D eigenvalue weighted by atomic mass is 19.1. The molecule has 198 valence electrons. The number of hydrogen-bond donors (Lipinski definition) is 3. The van der Waals surface area contributed by atoms with E-state index in [2.05, 4.69) is 30.4 Å². The molecule has 2 saturated heterocycles. The third-order valence-electron chi connectivity index (χ3n) is 8.44. The van der Waals surface area contributed by atoms with Gasteiger partial charge in [0.25, 0.3) is 0 Å². The summed E-state index contributed by atoms with van der Waals surface area (Å²) >= 11 is 0. The molecule has 0 saturated carbocycles. The standard InChI is InChI=1S/C27H38FN9/c28-22-18-20(9-10-24(22)36-15-11-21(12-16-36)35-13-5-6-14-35)27(30)31-26(29)37(34-27)25-17-19-7-3-1-2-4-8-23(19)32-33-25/h9-10,17-18,21,34H,1-8,11-16,30H2,(H2,29,31). The minimum atomic E-state index is -1.39. The Morgan fingerprint density at radius 2 is 1.68 bits per heavy atom. The molecule has 37 heavy (non-hydrogen) atoms. The maximum atomic E-state index is 15.4. The molecule has 1 atom stereocenters. The molecule has 4 heterocycles. The van der Waals surface area contributed by atoms with Crippen molar-refractivity contribution in [3.63, 3.8) is 0 Å². The van der Waals surface area contributed by atoms with Crippen LogP contribution in [-0.4, -0.2) is 53.3 Å². The third-order valence-corrected chi connectivity index (χ3v) is 8.44. The number of nitrogens with two attached hydrogens (primary N) is 2. The zero-order valence-electron chi connectivity index (χ0n) is 21.5. The molecule has 1 aliphatic carbocycles. The van der Waals surface area contributed by atoms with Crippen molar-refractivity contribution < 1.29 is 4.39 Å². The number of likely N-dealkylation sites (tertiary alicyclic amines) is 1. The summed E-state index contributed by atoms with van der Waals surface area (Å²) in [6.45, 7) is 4.13. The van der Waals surface area contributed by atoms with Crippen molar-refractivity contribution >= 4 is 17.5 Å². The number of halogens is 1. The summed E-state index contributed by atoms with van der Waals surface area (Å²) in [4.78, 5) is 9.21. The number of rotatable bonds is 4. The summed E-state index contributed by atoms with van der Waals surface area (Å²) in [7, 11) is 0. The average Bonchev–Trinajstić information content (AvgIpc) is 3.53. The number of piperidine rings is 1. The van der Waals surface area contributed by atoms with Crippen LogP contribution in [0.4, 0.5) is 15.9 Å². The highest BCUT2D eigenvalue weighted by molar-refractivity contribution is 5.95. The molecule has 6 rings (SSSR count). The largest absolute Gasteiger partial charge is 0.369 e. The molecule has 5 N–H and O–H groups in total. The molecule has 2 fully saturated rings. The Balaban J connectivity index is 1.16. The monoisotopic (exact) mass is 507 g/mol. The molecular formula is C27H38FN9. The van der Waals surface area contributed by atoms with Crippen LogP contribution in [0.5, 0.6) is 0 Å². The quantitative estimate of drug-likeness (QED) is 0.579. The lowest BCUT2D eigenvalue weighted by molar-refractivity contribution is 0.207. The van der Waals surface area contributed by atoms with Crippen LogP contribution in [-0.2, 0) is 18.6 Å². The van der Waals surface area contributed by atoms with Crippen LogP contribution >= 0.6 is 0 Å². The molecule has 0 amide bonds. The van der Waals surface area contributed by atoms with Gasteiger partial charge in [0, 0.05) is 24.7 Å². The Morgan fingerprint density at radius 3 is 2.43 bits per heavy atom. The number of aromatic nitrogens is 2. The van der Waals surface area contributed by atoms with E-state index >= 15 is 4.39 Å². The van der Waals surface area contributed by atoms with E-state index in [0.29, 0.717) is 23.1 Å². The van der Waals surface area contributed by atoms with Crippen LogP contribution in [0.3, 0.4) is 0 Å². The number of hydrazine groups is 1. The van der Waals surface area contributed by atoms with Gasteiger partial charge in [-0.2, -0.15) is 10.5 Å². The SMILES string of the molecule is NC1=NC(N)(c2ccc(N3CCC(N4CCCC4)CC3)c(F)c2)NN1c1cc2c(nn1)CCCCCC2. The molecule has 0 bridgehead atoms. The summed E-state index contributed by atoms with van der Waals surface area (Å²) in [6.07, 6.45) is 11.4. The predicted molar refractivity (Wildman–Crippen MR) is 143 cm³/mol.